The first kappa shape index (κ1) is 8.97. The van der Waals surface area contributed by atoms with Crippen molar-refractivity contribution in [1.29, 1.82) is 0 Å². The van der Waals surface area contributed by atoms with Crippen LogP contribution < -0.4 is 11.1 Å². The molecule has 3 N–H and O–H groups in total. The number of nitrogens with one attached hydrogen (secondary N) is 1. The normalized spacial score (nSPS) is 35.8. The highest BCUT2D eigenvalue weighted by molar-refractivity contribution is 5.89. The molecule has 0 aromatic carbocycles. The SMILES string of the molecule is CC1OCCC1NC(=O)C1(N)CC1. The Hall–Kier alpha value is -0.610. The first-order valence-corrected chi connectivity index (χ1v) is 4.83. The minimum Gasteiger partial charge on any atom is -0.376 e. The van der Waals surface area contributed by atoms with Crippen molar-refractivity contribution in [3.05, 3.63) is 0 Å². The highest BCUT2D eigenvalue weighted by Gasteiger charge is 2.47. The lowest BCUT2D eigenvalue weighted by Gasteiger charge is -2.18. The van der Waals surface area contributed by atoms with Crippen molar-refractivity contribution < 1.29 is 9.53 Å². The average Bonchev–Trinajstić information content (AvgIpc) is 2.72. The second-order valence-corrected chi connectivity index (χ2v) is 4.10. The Morgan fingerprint density at radius 3 is 2.77 bits per heavy atom. The van der Waals surface area contributed by atoms with Gasteiger partial charge in [-0.15, -0.1) is 0 Å². The number of hydrogen-bond donors (Lipinski definition) is 2. The second kappa shape index (κ2) is 2.96. The standard InChI is InChI=1S/C9H16N2O2/c1-6-7(2-5-13-6)11-8(12)9(10)3-4-9/h6-7H,2-5,10H2,1H3,(H,11,12). The van der Waals surface area contributed by atoms with Crippen molar-refractivity contribution >= 4 is 5.91 Å². The van der Waals surface area contributed by atoms with Gasteiger partial charge in [-0.2, -0.15) is 0 Å². The minimum atomic E-state index is -0.553. The van der Waals surface area contributed by atoms with Crippen LogP contribution in [0.4, 0.5) is 0 Å². The van der Waals surface area contributed by atoms with Gasteiger partial charge in [0.25, 0.3) is 0 Å². The van der Waals surface area contributed by atoms with Crippen molar-refractivity contribution in [1.82, 2.24) is 5.32 Å². The summed E-state index contributed by atoms with van der Waals surface area (Å²) >= 11 is 0. The molecule has 2 rings (SSSR count). The van der Waals surface area contributed by atoms with Crippen LogP contribution in [0.5, 0.6) is 0 Å². The lowest BCUT2D eigenvalue weighted by atomic mass is 10.1. The molecular weight excluding hydrogens is 168 g/mol. The first-order valence-electron chi connectivity index (χ1n) is 4.83. The van der Waals surface area contributed by atoms with Crippen molar-refractivity contribution in [2.45, 2.75) is 43.9 Å². The maximum Gasteiger partial charge on any atom is 0.240 e. The monoisotopic (exact) mass is 184 g/mol. The van der Waals surface area contributed by atoms with Crippen LogP contribution in [0.3, 0.4) is 0 Å². The first-order chi connectivity index (χ1) is 6.12. The van der Waals surface area contributed by atoms with Crippen molar-refractivity contribution in [3.63, 3.8) is 0 Å². The highest BCUT2D eigenvalue weighted by atomic mass is 16.5. The fourth-order valence-electron chi connectivity index (χ4n) is 1.60. The summed E-state index contributed by atoms with van der Waals surface area (Å²) in [6, 6.07) is 0.161. The van der Waals surface area contributed by atoms with Gasteiger partial charge >= 0.3 is 0 Å². The van der Waals surface area contributed by atoms with Gasteiger partial charge in [-0.3, -0.25) is 4.79 Å². The average molecular weight is 184 g/mol. The van der Waals surface area contributed by atoms with Gasteiger partial charge in [0.15, 0.2) is 0 Å². The molecule has 0 spiro atoms. The van der Waals surface area contributed by atoms with Crippen LogP contribution in [0, 0.1) is 0 Å². The molecule has 74 valence electrons. The van der Waals surface area contributed by atoms with Crippen LogP contribution in [-0.4, -0.2) is 30.2 Å². The molecule has 1 aliphatic carbocycles. The molecule has 0 bridgehead atoms. The van der Waals surface area contributed by atoms with Crippen molar-refractivity contribution in [2.24, 2.45) is 5.73 Å². The van der Waals surface area contributed by atoms with Crippen molar-refractivity contribution in [2.75, 3.05) is 6.61 Å². The van der Waals surface area contributed by atoms with Gasteiger partial charge in [-0.05, 0) is 26.2 Å². The fourth-order valence-corrected chi connectivity index (χ4v) is 1.60. The second-order valence-electron chi connectivity index (χ2n) is 4.10. The summed E-state index contributed by atoms with van der Waals surface area (Å²) in [7, 11) is 0. The maximum absolute atomic E-state index is 11.5. The van der Waals surface area contributed by atoms with E-state index in [1.54, 1.807) is 0 Å². The van der Waals surface area contributed by atoms with Gasteiger partial charge in [0.05, 0.1) is 17.7 Å². The molecule has 1 saturated carbocycles. The van der Waals surface area contributed by atoms with E-state index in [-0.39, 0.29) is 18.1 Å². The Labute approximate surface area is 77.8 Å². The maximum atomic E-state index is 11.5. The van der Waals surface area contributed by atoms with Crippen LogP contribution in [0.2, 0.25) is 0 Å². The number of carbonyl (C=O) groups is 1. The summed E-state index contributed by atoms with van der Waals surface area (Å²) < 4.78 is 5.34. The van der Waals surface area contributed by atoms with E-state index in [4.69, 9.17) is 10.5 Å². The summed E-state index contributed by atoms with van der Waals surface area (Å²) in [6.07, 6.45) is 2.68. The van der Waals surface area contributed by atoms with Gasteiger partial charge in [0.1, 0.15) is 0 Å². The lowest BCUT2D eigenvalue weighted by Crippen LogP contribution is -2.49. The number of rotatable bonds is 2. The molecule has 2 aliphatic rings. The molecule has 0 radical (unpaired) electrons. The topological polar surface area (TPSA) is 64.3 Å². The zero-order chi connectivity index (χ0) is 9.47. The van der Waals surface area contributed by atoms with Crippen LogP contribution in [0.1, 0.15) is 26.2 Å². The molecule has 1 saturated heterocycles. The molecule has 1 amide bonds. The van der Waals surface area contributed by atoms with Crippen molar-refractivity contribution in [3.8, 4) is 0 Å². The Kier molecular flexibility index (Phi) is 2.04. The molecule has 0 aromatic rings. The van der Waals surface area contributed by atoms with Crippen LogP contribution in [-0.2, 0) is 9.53 Å². The summed E-state index contributed by atoms with van der Waals surface area (Å²) in [4.78, 5) is 11.5. The van der Waals surface area contributed by atoms with E-state index in [1.807, 2.05) is 6.92 Å². The van der Waals surface area contributed by atoms with E-state index in [0.29, 0.717) is 0 Å². The third kappa shape index (κ3) is 1.69. The molecule has 4 nitrogen and oxygen atoms in total. The smallest absolute Gasteiger partial charge is 0.240 e. The third-order valence-electron chi connectivity index (χ3n) is 2.93. The lowest BCUT2D eigenvalue weighted by molar-refractivity contribution is -0.124. The van der Waals surface area contributed by atoms with E-state index >= 15 is 0 Å². The number of hydrogen-bond acceptors (Lipinski definition) is 3. The predicted molar refractivity (Wildman–Crippen MR) is 48.1 cm³/mol. The Morgan fingerprint density at radius 2 is 2.31 bits per heavy atom. The van der Waals surface area contributed by atoms with Crippen LogP contribution in [0.25, 0.3) is 0 Å². The van der Waals surface area contributed by atoms with E-state index in [1.165, 1.54) is 0 Å². The molecular formula is C9H16N2O2. The molecule has 2 fully saturated rings. The van der Waals surface area contributed by atoms with Gasteiger partial charge in [-0.1, -0.05) is 0 Å². The Bertz CT molecular complexity index is 226. The van der Waals surface area contributed by atoms with Crippen LogP contribution in [0.15, 0.2) is 0 Å². The van der Waals surface area contributed by atoms with E-state index in [0.717, 1.165) is 25.9 Å². The molecule has 4 heteroatoms. The van der Waals surface area contributed by atoms with Crippen LogP contribution >= 0.6 is 0 Å². The molecule has 13 heavy (non-hydrogen) atoms. The number of ether oxygens (including phenoxy) is 1. The molecule has 2 atom stereocenters. The van der Waals surface area contributed by atoms with Gasteiger partial charge in [0, 0.05) is 6.61 Å². The minimum absolute atomic E-state index is 0.00477. The van der Waals surface area contributed by atoms with E-state index in [9.17, 15) is 4.79 Å². The molecule has 1 aliphatic heterocycles. The zero-order valence-corrected chi connectivity index (χ0v) is 7.88. The Morgan fingerprint density at radius 1 is 1.62 bits per heavy atom. The summed E-state index contributed by atoms with van der Waals surface area (Å²) in [5.41, 5.74) is 5.21. The predicted octanol–water partition coefficient (Wildman–Crippen LogP) is -0.229. The van der Waals surface area contributed by atoms with Gasteiger partial charge in [-0.25, -0.2) is 0 Å². The van der Waals surface area contributed by atoms with Gasteiger partial charge in [0.2, 0.25) is 5.91 Å². The zero-order valence-electron chi connectivity index (χ0n) is 7.88. The highest BCUT2D eigenvalue weighted by Crippen LogP contribution is 2.32. The molecule has 0 aromatic heterocycles. The third-order valence-corrected chi connectivity index (χ3v) is 2.93. The number of amides is 1. The molecule has 2 unspecified atom stereocenters. The summed E-state index contributed by atoms with van der Waals surface area (Å²) in [5.74, 6) is -0.00477. The summed E-state index contributed by atoms with van der Waals surface area (Å²) in [6.45, 7) is 2.72. The van der Waals surface area contributed by atoms with E-state index < -0.39 is 5.54 Å². The Balaban J connectivity index is 1.87. The summed E-state index contributed by atoms with van der Waals surface area (Å²) in [5, 5.41) is 2.94. The number of nitrogens with two attached hydrogens (primary N) is 1. The van der Waals surface area contributed by atoms with E-state index in [2.05, 4.69) is 5.32 Å². The number of carbonyl (C=O) groups excluding carboxylic acids is 1. The quantitative estimate of drug-likeness (QED) is 0.623. The van der Waals surface area contributed by atoms with Gasteiger partial charge < -0.3 is 15.8 Å². The molecule has 1 heterocycles. The largest absolute Gasteiger partial charge is 0.376 e. The fraction of sp³-hybridized carbons (Fsp3) is 0.889.